The monoisotopic (exact) mass is 443 g/mol. The van der Waals surface area contributed by atoms with Gasteiger partial charge >= 0.3 is 18.7 Å². The number of hydrogen-bond acceptors (Lipinski definition) is 4. The van der Waals surface area contributed by atoms with E-state index in [4.69, 9.17) is 0 Å². The van der Waals surface area contributed by atoms with E-state index in [2.05, 4.69) is 14.5 Å². The van der Waals surface area contributed by atoms with Gasteiger partial charge in [-0.25, -0.2) is 9.78 Å². The van der Waals surface area contributed by atoms with E-state index in [0.717, 1.165) is 24.3 Å². The van der Waals surface area contributed by atoms with Crippen molar-refractivity contribution in [1.29, 1.82) is 0 Å². The highest BCUT2D eigenvalue weighted by atomic mass is 19.4. The molecule has 1 aromatic heterocycles. The van der Waals surface area contributed by atoms with Gasteiger partial charge in [-0.1, -0.05) is 12.1 Å². The Morgan fingerprint density at radius 1 is 0.710 bits per heavy atom. The third kappa shape index (κ3) is 5.87. The lowest BCUT2D eigenvalue weighted by atomic mass is 10.0. The second kappa shape index (κ2) is 8.17. The molecule has 3 aromatic rings. The second-order valence-electron chi connectivity index (χ2n) is 6.04. The molecule has 0 spiro atoms. The Bertz CT molecular complexity index is 1080. The number of carbonyl (C=O) groups is 1. The van der Waals surface area contributed by atoms with E-state index < -0.39 is 35.9 Å². The lowest BCUT2D eigenvalue weighted by molar-refractivity contribution is -0.275. The van der Waals surface area contributed by atoms with E-state index in [-0.39, 0.29) is 16.8 Å². The van der Waals surface area contributed by atoms with Crippen LogP contribution in [0.15, 0.2) is 60.7 Å². The number of rotatable bonds is 5. The summed E-state index contributed by atoms with van der Waals surface area (Å²) in [6, 6.07) is 12.0. The Labute approximate surface area is 170 Å². The molecule has 0 atom stereocenters. The zero-order valence-corrected chi connectivity index (χ0v) is 15.2. The first kappa shape index (κ1) is 21.9. The maximum absolute atomic E-state index is 12.3. The molecule has 0 fully saturated rings. The van der Waals surface area contributed by atoms with Gasteiger partial charge in [0.15, 0.2) is 5.69 Å². The number of aromatic nitrogens is 1. The third-order valence-corrected chi connectivity index (χ3v) is 3.88. The first-order chi connectivity index (χ1) is 14.4. The van der Waals surface area contributed by atoms with Crippen molar-refractivity contribution in [2.75, 3.05) is 0 Å². The summed E-state index contributed by atoms with van der Waals surface area (Å²) in [5, 5.41) is 9.50. The predicted molar refractivity (Wildman–Crippen MR) is 95.4 cm³/mol. The van der Waals surface area contributed by atoms with E-state index in [1.807, 2.05) is 0 Å². The van der Waals surface area contributed by atoms with Crippen molar-refractivity contribution in [2.24, 2.45) is 0 Å². The lowest BCUT2D eigenvalue weighted by Crippen LogP contribution is -2.17. The van der Waals surface area contributed by atoms with Gasteiger partial charge in [0.1, 0.15) is 11.5 Å². The van der Waals surface area contributed by atoms with Crippen LogP contribution in [0.1, 0.15) is 10.5 Å². The highest BCUT2D eigenvalue weighted by Crippen LogP contribution is 2.31. The molecule has 0 unspecified atom stereocenters. The molecule has 1 heterocycles. The Hall–Kier alpha value is -3.76. The molecule has 1 N–H and O–H groups in total. The third-order valence-electron chi connectivity index (χ3n) is 3.88. The zero-order valence-electron chi connectivity index (χ0n) is 15.2. The number of carboxylic acid groups (broad SMARTS) is 1. The average molecular weight is 443 g/mol. The van der Waals surface area contributed by atoms with Crippen LogP contribution in [0, 0.1) is 0 Å². The van der Waals surface area contributed by atoms with Crippen molar-refractivity contribution in [2.45, 2.75) is 12.7 Å². The molecule has 0 saturated carbocycles. The van der Waals surface area contributed by atoms with E-state index >= 15 is 0 Å². The molecule has 0 bridgehead atoms. The van der Waals surface area contributed by atoms with Crippen LogP contribution in [0.3, 0.4) is 0 Å². The van der Waals surface area contributed by atoms with Crippen molar-refractivity contribution >= 4 is 5.97 Å². The summed E-state index contributed by atoms with van der Waals surface area (Å²) in [4.78, 5) is 15.7. The molecule has 31 heavy (non-hydrogen) atoms. The quantitative estimate of drug-likeness (QED) is 0.497. The van der Waals surface area contributed by atoms with Crippen LogP contribution in [0.2, 0.25) is 0 Å². The van der Waals surface area contributed by atoms with Gasteiger partial charge in [0.05, 0.1) is 5.69 Å². The Morgan fingerprint density at radius 3 is 1.58 bits per heavy atom. The SMILES string of the molecule is O=C(O)c1nc(-c2ccc(OC(F)(F)F)cc2)ccc1-c1ccc(OC(F)(F)F)cc1. The summed E-state index contributed by atoms with van der Waals surface area (Å²) >= 11 is 0. The molecule has 0 saturated heterocycles. The fraction of sp³-hybridized carbons (Fsp3) is 0.100. The van der Waals surface area contributed by atoms with E-state index in [1.165, 1.54) is 36.4 Å². The largest absolute Gasteiger partial charge is 0.573 e. The molecule has 2 aromatic carbocycles. The molecule has 3 rings (SSSR count). The highest BCUT2D eigenvalue weighted by molar-refractivity contribution is 5.94. The number of pyridine rings is 1. The highest BCUT2D eigenvalue weighted by Gasteiger charge is 2.31. The van der Waals surface area contributed by atoms with Gasteiger partial charge in [0.25, 0.3) is 0 Å². The zero-order chi connectivity index (χ0) is 22.8. The van der Waals surface area contributed by atoms with Crippen molar-refractivity contribution < 1.29 is 45.7 Å². The summed E-state index contributed by atoms with van der Waals surface area (Å²) in [7, 11) is 0. The molecule has 0 aliphatic heterocycles. The van der Waals surface area contributed by atoms with Gasteiger partial charge in [0.2, 0.25) is 0 Å². The summed E-state index contributed by atoms with van der Waals surface area (Å²) in [6.45, 7) is 0. The minimum Gasteiger partial charge on any atom is -0.476 e. The van der Waals surface area contributed by atoms with Crippen LogP contribution >= 0.6 is 0 Å². The Balaban J connectivity index is 1.91. The summed E-state index contributed by atoms with van der Waals surface area (Å²) in [5.74, 6) is -2.32. The summed E-state index contributed by atoms with van der Waals surface area (Å²) in [6.07, 6.45) is -9.71. The molecular weight excluding hydrogens is 432 g/mol. The normalized spacial score (nSPS) is 11.8. The molecule has 0 radical (unpaired) electrons. The number of carboxylic acids is 1. The lowest BCUT2D eigenvalue weighted by Gasteiger charge is -2.12. The molecule has 5 nitrogen and oxygen atoms in total. The topological polar surface area (TPSA) is 68.7 Å². The summed E-state index contributed by atoms with van der Waals surface area (Å²) in [5.41, 5.74) is 0.513. The number of halogens is 6. The fourth-order valence-electron chi connectivity index (χ4n) is 2.68. The van der Waals surface area contributed by atoms with Crippen molar-refractivity contribution in [3.63, 3.8) is 0 Å². The Morgan fingerprint density at radius 2 is 1.16 bits per heavy atom. The van der Waals surface area contributed by atoms with Gasteiger partial charge in [-0.3, -0.25) is 0 Å². The first-order valence-electron chi connectivity index (χ1n) is 8.38. The van der Waals surface area contributed by atoms with Crippen LogP contribution in [0.4, 0.5) is 26.3 Å². The number of alkyl halides is 6. The van der Waals surface area contributed by atoms with Crippen molar-refractivity contribution in [3.8, 4) is 33.9 Å². The van der Waals surface area contributed by atoms with E-state index in [1.54, 1.807) is 0 Å². The minimum absolute atomic E-state index is 0.131. The van der Waals surface area contributed by atoms with Crippen LogP contribution in [-0.4, -0.2) is 28.8 Å². The van der Waals surface area contributed by atoms with Gasteiger partial charge in [-0.05, 0) is 54.1 Å². The molecule has 0 aliphatic carbocycles. The van der Waals surface area contributed by atoms with Gasteiger partial charge in [-0.2, -0.15) is 0 Å². The van der Waals surface area contributed by atoms with Gasteiger partial charge in [-0.15, -0.1) is 26.3 Å². The molecule has 162 valence electrons. The van der Waals surface area contributed by atoms with Crippen LogP contribution < -0.4 is 9.47 Å². The number of benzene rings is 2. The van der Waals surface area contributed by atoms with Gasteiger partial charge in [0, 0.05) is 11.1 Å². The molecule has 0 amide bonds. The standard InChI is InChI=1S/C20H11F6NO4/c21-19(22,23)30-13-5-1-11(2-6-13)15-9-10-16(27-17(15)18(28)29)12-3-7-14(8-4-12)31-20(24,25)26/h1-10H,(H,28,29). The van der Waals surface area contributed by atoms with Crippen molar-refractivity contribution in [1.82, 2.24) is 4.98 Å². The predicted octanol–water partition coefficient (Wildman–Crippen LogP) is 5.91. The number of aromatic carboxylic acids is 1. The van der Waals surface area contributed by atoms with Gasteiger partial charge < -0.3 is 14.6 Å². The number of nitrogens with zero attached hydrogens (tertiary/aromatic N) is 1. The molecule has 0 aliphatic rings. The molecule has 11 heteroatoms. The van der Waals surface area contributed by atoms with E-state index in [0.29, 0.717) is 5.56 Å². The summed E-state index contributed by atoms with van der Waals surface area (Å²) < 4.78 is 81.1. The van der Waals surface area contributed by atoms with Crippen LogP contribution in [0.25, 0.3) is 22.4 Å². The smallest absolute Gasteiger partial charge is 0.476 e. The Kier molecular flexibility index (Phi) is 5.78. The number of ether oxygens (including phenoxy) is 2. The van der Waals surface area contributed by atoms with Crippen molar-refractivity contribution in [3.05, 3.63) is 66.4 Å². The molecular formula is C20H11F6NO4. The average Bonchev–Trinajstić information content (AvgIpc) is 2.66. The fourth-order valence-corrected chi connectivity index (χ4v) is 2.68. The second-order valence-corrected chi connectivity index (χ2v) is 6.04. The maximum atomic E-state index is 12.3. The van der Waals surface area contributed by atoms with E-state index in [9.17, 15) is 36.2 Å². The maximum Gasteiger partial charge on any atom is 0.573 e. The first-order valence-corrected chi connectivity index (χ1v) is 8.38. The van der Waals surface area contributed by atoms with Crippen LogP contribution in [0.5, 0.6) is 11.5 Å². The minimum atomic E-state index is -4.86. The van der Waals surface area contributed by atoms with Crippen LogP contribution in [-0.2, 0) is 0 Å². The number of hydrogen-bond donors (Lipinski definition) is 1.